The Morgan fingerprint density at radius 2 is 0.722 bits per heavy atom. The van der Waals surface area contributed by atoms with Gasteiger partial charge in [-0.05, 0) is 68.7 Å². The molecule has 2 nitrogen and oxygen atoms in total. The van der Waals surface area contributed by atoms with Crippen LogP contribution in [0.4, 0.5) is 0 Å². The van der Waals surface area contributed by atoms with Gasteiger partial charge in [0, 0.05) is 21.9 Å². The maximum absolute atomic E-state index is 6.45. The highest BCUT2D eigenvalue weighted by molar-refractivity contribution is 6.23. The Balaban J connectivity index is 1.59. The van der Waals surface area contributed by atoms with E-state index in [0.29, 0.717) is 0 Å². The molecule has 0 aliphatic rings. The number of benzene rings is 6. The van der Waals surface area contributed by atoms with E-state index in [4.69, 9.17) is 8.83 Å². The van der Waals surface area contributed by atoms with Crippen molar-refractivity contribution >= 4 is 54.3 Å². The topological polar surface area (TPSA) is 26.3 Å². The molecule has 2 heteroatoms. The quantitative estimate of drug-likeness (QED) is 0.240. The van der Waals surface area contributed by atoms with Crippen molar-refractivity contribution in [2.24, 2.45) is 0 Å². The third kappa shape index (κ3) is 2.79. The lowest BCUT2D eigenvalue weighted by Gasteiger charge is -2.16. The van der Waals surface area contributed by atoms with Crippen LogP contribution in [0.2, 0.25) is 0 Å². The van der Waals surface area contributed by atoms with Crippen molar-refractivity contribution in [3.8, 4) is 22.6 Å². The molecular formula is C34H20O2. The van der Waals surface area contributed by atoms with E-state index in [2.05, 4.69) is 97.1 Å². The molecule has 2 aromatic heterocycles. The SMILES string of the molecule is c1ccc2cc3c(-c4cc5ccccc5o4)c4ccccc4c(-c4cc5ccccc5o4)c3cc2c1. The highest BCUT2D eigenvalue weighted by Crippen LogP contribution is 2.46. The molecule has 8 rings (SSSR count). The summed E-state index contributed by atoms with van der Waals surface area (Å²) in [6.07, 6.45) is 0. The van der Waals surface area contributed by atoms with Gasteiger partial charge in [0.05, 0.1) is 0 Å². The van der Waals surface area contributed by atoms with E-state index in [9.17, 15) is 0 Å². The molecule has 0 unspecified atom stereocenters. The smallest absolute Gasteiger partial charge is 0.136 e. The first-order valence-corrected chi connectivity index (χ1v) is 12.2. The Kier molecular flexibility index (Phi) is 3.97. The molecule has 36 heavy (non-hydrogen) atoms. The summed E-state index contributed by atoms with van der Waals surface area (Å²) in [7, 11) is 0. The number of para-hydroxylation sites is 2. The van der Waals surface area contributed by atoms with Crippen molar-refractivity contribution < 1.29 is 8.83 Å². The standard InChI is InChI=1S/C34H20O2/c1-2-10-22-18-28-27(17-21(22)9-1)33(31-19-23-11-3-7-15-29(23)35-31)25-13-5-6-14-26(25)34(28)32-20-24-12-4-8-16-30(24)36-32/h1-20H. The van der Waals surface area contributed by atoms with E-state index in [1.165, 1.54) is 10.8 Å². The summed E-state index contributed by atoms with van der Waals surface area (Å²) in [6, 6.07) is 42.4. The third-order valence-electron chi connectivity index (χ3n) is 7.23. The largest absolute Gasteiger partial charge is 0.456 e. The monoisotopic (exact) mass is 460 g/mol. The molecule has 0 radical (unpaired) electrons. The van der Waals surface area contributed by atoms with E-state index >= 15 is 0 Å². The number of fused-ring (bicyclic) bond motifs is 5. The second kappa shape index (κ2) is 7.34. The minimum Gasteiger partial charge on any atom is -0.456 e. The Morgan fingerprint density at radius 1 is 0.333 bits per heavy atom. The summed E-state index contributed by atoms with van der Waals surface area (Å²) < 4.78 is 12.9. The van der Waals surface area contributed by atoms with Crippen LogP contribution >= 0.6 is 0 Å². The molecular weight excluding hydrogens is 440 g/mol. The van der Waals surface area contributed by atoms with E-state index < -0.39 is 0 Å². The van der Waals surface area contributed by atoms with Gasteiger partial charge < -0.3 is 8.83 Å². The van der Waals surface area contributed by atoms with Crippen LogP contribution in [0.25, 0.3) is 76.9 Å². The normalized spacial score (nSPS) is 11.9. The van der Waals surface area contributed by atoms with Gasteiger partial charge in [-0.25, -0.2) is 0 Å². The van der Waals surface area contributed by atoms with Gasteiger partial charge in [0.15, 0.2) is 0 Å². The van der Waals surface area contributed by atoms with Crippen molar-refractivity contribution in [3.63, 3.8) is 0 Å². The first kappa shape index (κ1) is 19.5. The lowest BCUT2D eigenvalue weighted by molar-refractivity contribution is 0.631. The highest BCUT2D eigenvalue weighted by atomic mass is 16.3. The van der Waals surface area contributed by atoms with Gasteiger partial charge in [-0.2, -0.15) is 0 Å². The second-order valence-electron chi connectivity index (χ2n) is 9.34. The van der Waals surface area contributed by atoms with Gasteiger partial charge in [0.1, 0.15) is 22.7 Å². The van der Waals surface area contributed by atoms with E-state index in [-0.39, 0.29) is 0 Å². The Labute approximate surface area is 207 Å². The van der Waals surface area contributed by atoms with Crippen LogP contribution in [-0.4, -0.2) is 0 Å². The minimum absolute atomic E-state index is 0.879. The minimum atomic E-state index is 0.879. The van der Waals surface area contributed by atoms with Crippen LogP contribution in [-0.2, 0) is 0 Å². The average molecular weight is 461 g/mol. The summed E-state index contributed by atoms with van der Waals surface area (Å²) >= 11 is 0. The fourth-order valence-corrected chi connectivity index (χ4v) is 5.60. The van der Waals surface area contributed by atoms with Crippen molar-refractivity contribution in [1.82, 2.24) is 0 Å². The molecule has 0 aliphatic heterocycles. The summed E-state index contributed by atoms with van der Waals surface area (Å²) in [5.41, 5.74) is 4.02. The molecule has 168 valence electrons. The third-order valence-corrected chi connectivity index (χ3v) is 7.23. The lowest BCUT2D eigenvalue weighted by atomic mass is 9.88. The lowest BCUT2D eigenvalue weighted by Crippen LogP contribution is -1.90. The van der Waals surface area contributed by atoms with Crippen LogP contribution in [0.5, 0.6) is 0 Å². The summed E-state index contributed by atoms with van der Waals surface area (Å²) in [5.74, 6) is 1.76. The van der Waals surface area contributed by atoms with Crippen LogP contribution in [0.1, 0.15) is 0 Å². The van der Waals surface area contributed by atoms with Crippen LogP contribution in [0, 0.1) is 0 Å². The zero-order chi connectivity index (χ0) is 23.6. The molecule has 8 aromatic rings. The fourth-order valence-electron chi connectivity index (χ4n) is 5.60. The molecule has 0 saturated heterocycles. The fraction of sp³-hybridized carbons (Fsp3) is 0. The summed E-state index contributed by atoms with van der Waals surface area (Å²) in [5, 5.41) is 9.22. The van der Waals surface area contributed by atoms with Crippen LogP contribution in [0.15, 0.2) is 130 Å². The molecule has 0 aliphatic carbocycles. The predicted molar refractivity (Wildman–Crippen MR) is 149 cm³/mol. The zero-order valence-electron chi connectivity index (χ0n) is 19.4. The first-order chi connectivity index (χ1) is 17.8. The van der Waals surface area contributed by atoms with Gasteiger partial charge in [-0.3, -0.25) is 0 Å². The Bertz CT molecular complexity index is 1890. The van der Waals surface area contributed by atoms with Crippen molar-refractivity contribution in [1.29, 1.82) is 0 Å². The van der Waals surface area contributed by atoms with Crippen LogP contribution in [0.3, 0.4) is 0 Å². The second-order valence-corrected chi connectivity index (χ2v) is 9.34. The van der Waals surface area contributed by atoms with Gasteiger partial charge >= 0.3 is 0 Å². The maximum atomic E-state index is 6.45. The molecule has 0 atom stereocenters. The number of hydrogen-bond donors (Lipinski definition) is 0. The molecule has 0 N–H and O–H groups in total. The van der Waals surface area contributed by atoms with E-state index in [1.807, 2.05) is 24.3 Å². The van der Waals surface area contributed by atoms with Crippen molar-refractivity contribution in [2.45, 2.75) is 0 Å². The molecule has 0 amide bonds. The molecule has 2 heterocycles. The summed E-state index contributed by atoms with van der Waals surface area (Å²) in [6.45, 7) is 0. The van der Waals surface area contributed by atoms with Crippen LogP contribution < -0.4 is 0 Å². The average Bonchev–Trinajstić information content (AvgIpc) is 3.54. The van der Waals surface area contributed by atoms with Gasteiger partial charge in [-0.1, -0.05) is 84.9 Å². The molecule has 0 spiro atoms. The molecule has 6 aromatic carbocycles. The van der Waals surface area contributed by atoms with Crippen molar-refractivity contribution in [3.05, 3.63) is 121 Å². The van der Waals surface area contributed by atoms with E-state index in [0.717, 1.165) is 66.1 Å². The van der Waals surface area contributed by atoms with Crippen molar-refractivity contribution in [2.75, 3.05) is 0 Å². The maximum Gasteiger partial charge on any atom is 0.136 e. The Hall–Kier alpha value is -4.82. The highest BCUT2D eigenvalue weighted by Gasteiger charge is 2.21. The molecule has 0 fully saturated rings. The summed E-state index contributed by atoms with van der Waals surface area (Å²) in [4.78, 5) is 0. The number of furan rings is 2. The zero-order valence-corrected chi connectivity index (χ0v) is 19.4. The van der Waals surface area contributed by atoms with Gasteiger partial charge in [-0.15, -0.1) is 0 Å². The first-order valence-electron chi connectivity index (χ1n) is 12.2. The van der Waals surface area contributed by atoms with E-state index in [1.54, 1.807) is 0 Å². The number of rotatable bonds is 2. The molecule has 0 bridgehead atoms. The predicted octanol–water partition coefficient (Wildman–Crippen LogP) is 9.97. The van der Waals surface area contributed by atoms with Gasteiger partial charge in [0.25, 0.3) is 0 Å². The number of hydrogen-bond acceptors (Lipinski definition) is 2. The van der Waals surface area contributed by atoms with Gasteiger partial charge in [0.2, 0.25) is 0 Å². The Morgan fingerprint density at radius 3 is 1.17 bits per heavy atom. The molecule has 0 saturated carbocycles.